The summed E-state index contributed by atoms with van der Waals surface area (Å²) in [7, 11) is 1.95. The molecule has 3 aromatic rings. The van der Waals surface area contributed by atoms with E-state index in [2.05, 4.69) is 20.7 Å². The summed E-state index contributed by atoms with van der Waals surface area (Å²) in [5.74, 6) is -0.0309. The van der Waals surface area contributed by atoms with Gasteiger partial charge in [0.2, 0.25) is 0 Å². The predicted octanol–water partition coefficient (Wildman–Crippen LogP) is 3.90. The molecule has 34 heavy (non-hydrogen) atoms. The van der Waals surface area contributed by atoms with E-state index in [9.17, 15) is 9.18 Å². The number of pyridine rings is 1. The van der Waals surface area contributed by atoms with Crippen LogP contribution in [0.25, 0.3) is 16.8 Å². The highest BCUT2D eigenvalue weighted by Gasteiger charge is 2.28. The number of carbonyl (C=O) groups excluding carboxylic acids is 1. The van der Waals surface area contributed by atoms with Gasteiger partial charge in [0, 0.05) is 54.4 Å². The topological polar surface area (TPSA) is 75.1 Å². The zero-order valence-electron chi connectivity index (χ0n) is 19.9. The van der Waals surface area contributed by atoms with Gasteiger partial charge in [-0.15, -0.1) is 0 Å². The first-order chi connectivity index (χ1) is 16.4. The summed E-state index contributed by atoms with van der Waals surface area (Å²) in [5.41, 5.74) is 6.13. The van der Waals surface area contributed by atoms with E-state index >= 15 is 0 Å². The molecule has 0 radical (unpaired) electrons. The van der Waals surface area contributed by atoms with Crippen molar-refractivity contribution in [2.75, 3.05) is 25.5 Å². The molecule has 1 saturated heterocycles. The second-order valence-corrected chi connectivity index (χ2v) is 9.60. The van der Waals surface area contributed by atoms with Crippen LogP contribution in [0.2, 0.25) is 0 Å². The van der Waals surface area contributed by atoms with Crippen LogP contribution in [-0.2, 0) is 0 Å². The van der Waals surface area contributed by atoms with Gasteiger partial charge in [0.15, 0.2) is 0 Å². The average Bonchev–Trinajstić information content (AvgIpc) is 3.48. The SMILES string of the molecule is Cc1ccc(C(=O)NC2CC2)c(C)c1-n1cc(-c2cncc(N[C@H]3CCN(C)C[C@H]3F)c2)cn1. The number of hydrogen-bond donors (Lipinski definition) is 2. The normalized spacial score (nSPS) is 20.8. The van der Waals surface area contributed by atoms with Crippen LogP contribution in [0.15, 0.2) is 43.0 Å². The van der Waals surface area contributed by atoms with Gasteiger partial charge in [-0.25, -0.2) is 9.07 Å². The van der Waals surface area contributed by atoms with E-state index in [0.29, 0.717) is 18.2 Å². The molecule has 2 atom stereocenters. The number of anilines is 1. The Morgan fingerprint density at radius 2 is 1.94 bits per heavy atom. The maximum atomic E-state index is 14.5. The Labute approximate surface area is 199 Å². The van der Waals surface area contributed by atoms with E-state index in [1.54, 1.807) is 18.6 Å². The third-order valence-electron chi connectivity index (χ3n) is 6.77. The minimum absolute atomic E-state index is 0.0309. The first kappa shape index (κ1) is 22.5. The molecular weight excluding hydrogens is 431 g/mol. The number of benzene rings is 1. The molecule has 1 amide bonds. The Hall–Kier alpha value is -3.26. The summed E-state index contributed by atoms with van der Waals surface area (Å²) in [4.78, 5) is 19.1. The van der Waals surface area contributed by atoms with Crippen LogP contribution in [0.5, 0.6) is 0 Å². The van der Waals surface area contributed by atoms with Crippen molar-refractivity contribution in [1.82, 2.24) is 25.0 Å². The molecule has 2 N–H and O–H groups in total. The van der Waals surface area contributed by atoms with Gasteiger partial charge in [0.05, 0.1) is 23.6 Å². The van der Waals surface area contributed by atoms with Gasteiger partial charge < -0.3 is 15.5 Å². The zero-order valence-corrected chi connectivity index (χ0v) is 19.9. The Bertz CT molecular complexity index is 1200. The number of rotatable bonds is 6. The highest BCUT2D eigenvalue weighted by molar-refractivity contribution is 5.97. The first-order valence-corrected chi connectivity index (χ1v) is 11.9. The molecule has 1 aliphatic heterocycles. The molecule has 0 bridgehead atoms. The lowest BCUT2D eigenvalue weighted by Gasteiger charge is -2.33. The molecule has 5 rings (SSSR count). The van der Waals surface area contributed by atoms with E-state index in [1.165, 1.54) is 0 Å². The third-order valence-corrected chi connectivity index (χ3v) is 6.77. The summed E-state index contributed by atoms with van der Waals surface area (Å²) >= 11 is 0. The van der Waals surface area contributed by atoms with Crippen LogP contribution in [0.3, 0.4) is 0 Å². The monoisotopic (exact) mass is 462 g/mol. The number of aryl methyl sites for hydroxylation is 1. The fraction of sp³-hybridized carbons (Fsp3) is 0.423. The molecule has 1 aromatic carbocycles. The van der Waals surface area contributed by atoms with Gasteiger partial charge in [-0.2, -0.15) is 5.10 Å². The van der Waals surface area contributed by atoms with E-state index in [1.807, 2.05) is 54.9 Å². The maximum Gasteiger partial charge on any atom is 0.251 e. The van der Waals surface area contributed by atoms with Crippen molar-refractivity contribution in [2.24, 2.45) is 0 Å². The minimum Gasteiger partial charge on any atom is -0.378 e. The van der Waals surface area contributed by atoms with Crippen LogP contribution < -0.4 is 10.6 Å². The minimum atomic E-state index is -0.916. The number of amides is 1. The second-order valence-electron chi connectivity index (χ2n) is 9.60. The van der Waals surface area contributed by atoms with Gasteiger partial charge in [-0.1, -0.05) is 6.07 Å². The smallest absolute Gasteiger partial charge is 0.251 e. The molecule has 2 fully saturated rings. The van der Waals surface area contributed by atoms with Crippen molar-refractivity contribution in [3.05, 3.63) is 59.7 Å². The van der Waals surface area contributed by atoms with E-state index < -0.39 is 6.17 Å². The Morgan fingerprint density at radius 1 is 1.12 bits per heavy atom. The second kappa shape index (κ2) is 9.18. The predicted molar refractivity (Wildman–Crippen MR) is 131 cm³/mol. The van der Waals surface area contributed by atoms with Gasteiger partial charge in [0.25, 0.3) is 5.91 Å². The molecule has 1 saturated carbocycles. The van der Waals surface area contributed by atoms with Crippen molar-refractivity contribution in [2.45, 2.75) is 51.4 Å². The maximum absolute atomic E-state index is 14.5. The summed E-state index contributed by atoms with van der Waals surface area (Å²) in [6, 6.07) is 5.93. The Morgan fingerprint density at radius 3 is 2.71 bits per heavy atom. The zero-order chi connectivity index (χ0) is 23.8. The number of nitrogens with one attached hydrogen (secondary N) is 2. The third kappa shape index (κ3) is 4.68. The van der Waals surface area contributed by atoms with Crippen LogP contribution >= 0.6 is 0 Å². The molecule has 0 spiro atoms. The number of alkyl halides is 1. The first-order valence-electron chi connectivity index (χ1n) is 11.9. The molecular formula is C26H31FN6O. The molecule has 8 heteroatoms. The van der Waals surface area contributed by atoms with Crippen LogP contribution in [-0.4, -0.2) is 64.0 Å². The van der Waals surface area contributed by atoms with Gasteiger partial charge in [-0.3, -0.25) is 9.78 Å². The Kier molecular flexibility index (Phi) is 6.08. The van der Waals surface area contributed by atoms with Crippen molar-refractivity contribution >= 4 is 11.6 Å². The number of halogens is 1. The summed E-state index contributed by atoms with van der Waals surface area (Å²) < 4.78 is 16.3. The fourth-order valence-corrected chi connectivity index (χ4v) is 4.63. The highest BCUT2D eigenvalue weighted by atomic mass is 19.1. The number of aromatic nitrogens is 3. The molecule has 178 valence electrons. The quantitative estimate of drug-likeness (QED) is 0.581. The number of likely N-dealkylation sites (tertiary alicyclic amines) is 1. The van der Waals surface area contributed by atoms with E-state index in [-0.39, 0.29) is 11.9 Å². The van der Waals surface area contributed by atoms with Crippen LogP contribution in [0, 0.1) is 13.8 Å². The van der Waals surface area contributed by atoms with Crippen molar-refractivity contribution in [3.63, 3.8) is 0 Å². The van der Waals surface area contributed by atoms with Crippen molar-refractivity contribution in [3.8, 4) is 16.8 Å². The molecule has 7 nitrogen and oxygen atoms in total. The fourth-order valence-electron chi connectivity index (χ4n) is 4.63. The van der Waals surface area contributed by atoms with E-state index in [4.69, 9.17) is 0 Å². The van der Waals surface area contributed by atoms with Gasteiger partial charge >= 0.3 is 0 Å². The summed E-state index contributed by atoms with van der Waals surface area (Å²) in [6.07, 6.45) is 9.21. The number of piperidine rings is 1. The lowest BCUT2D eigenvalue weighted by molar-refractivity contribution is 0.0950. The summed E-state index contributed by atoms with van der Waals surface area (Å²) in [6.45, 7) is 5.29. The molecule has 1 aliphatic carbocycles. The number of hydrogen-bond acceptors (Lipinski definition) is 5. The molecule has 2 aromatic heterocycles. The molecule has 3 heterocycles. The Balaban J connectivity index is 1.38. The standard InChI is InChI=1S/C26H31FN6O/c1-16-4-7-22(26(34)31-20-5-6-20)17(2)25(16)33-14-19(12-29-33)18-10-21(13-28-11-18)30-24-8-9-32(3)15-23(24)27/h4,7,10-14,20,23-24,30H,5-6,8-9,15H2,1-3H3,(H,31,34)/t23-,24+/m1/s1. The van der Waals surface area contributed by atoms with Crippen LogP contribution in [0.4, 0.5) is 10.1 Å². The lowest BCUT2D eigenvalue weighted by Crippen LogP contribution is -2.46. The summed E-state index contributed by atoms with van der Waals surface area (Å²) in [5, 5.41) is 11.0. The van der Waals surface area contributed by atoms with Gasteiger partial charge in [0.1, 0.15) is 6.17 Å². The van der Waals surface area contributed by atoms with Crippen molar-refractivity contribution in [1.29, 1.82) is 0 Å². The van der Waals surface area contributed by atoms with Crippen LogP contribution in [0.1, 0.15) is 40.7 Å². The lowest BCUT2D eigenvalue weighted by atomic mass is 10.0. The molecule has 0 unspecified atom stereocenters. The highest BCUT2D eigenvalue weighted by Crippen LogP contribution is 2.28. The number of carbonyl (C=O) groups is 1. The largest absolute Gasteiger partial charge is 0.378 e. The van der Waals surface area contributed by atoms with E-state index in [0.717, 1.165) is 59.4 Å². The van der Waals surface area contributed by atoms with Crippen molar-refractivity contribution < 1.29 is 9.18 Å². The average molecular weight is 463 g/mol. The molecule has 2 aliphatic rings. The van der Waals surface area contributed by atoms with Gasteiger partial charge in [-0.05, 0) is 63.4 Å². The number of nitrogens with zero attached hydrogens (tertiary/aromatic N) is 4.